The second kappa shape index (κ2) is 23.7. The summed E-state index contributed by atoms with van der Waals surface area (Å²) >= 11 is 0. The van der Waals surface area contributed by atoms with Crippen molar-refractivity contribution in [2.45, 2.75) is 0 Å². The van der Waals surface area contributed by atoms with E-state index in [-0.39, 0.29) is 0 Å². The Balaban J connectivity index is 0.692. The average molecular weight is 1220 g/mol. The highest BCUT2D eigenvalue weighted by Gasteiger charge is 2.19. The van der Waals surface area contributed by atoms with E-state index < -0.39 is 0 Å². The van der Waals surface area contributed by atoms with Crippen LogP contribution in [0.4, 0.5) is 0 Å². The van der Waals surface area contributed by atoms with Gasteiger partial charge in [0, 0.05) is 69.3 Å². The van der Waals surface area contributed by atoms with Gasteiger partial charge in [-0.3, -0.25) is 9.97 Å². The predicted molar refractivity (Wildman–Crippen MR) is 398 cm³/mol. The molecular formula is C90H56N6. The third-order valence-electron chi connectivity index (χ3n) is 18.8. The third-order valence-corrected chi connectivity index (χ3v) is 18.8. The first kappa shape index (κ1) is 55.9. The molecule has 0 N–H and O–H groups in total. The third kappa shape index (κ3) is 10.3. The molecule has 0 aliphatic heterocycles. The van der Waals surface area contributed by atoms with Crippen LogP contribution < -0.4 is 0 Å². The molecule has 18 rings (SSSR count). The Morgan fingerprint density at radius 1 is 0.177 bits per heavy atom. The summed E-state index contributed by atoms with van der Waals surface area (Å²) in [6, 6.07) is 113. The number of pyridine rings is 2. The molecule has 0 saturated carbocycles. The maximum absolute atomic E-state index is 5.40. The lowest BCUT2D eigenvalue weighted by molar-refractivity contribution is 1.18. The Bertz CT molecular complexity index is 6050. The Labute approximate surface area is 554 Å². The monoisotopic (exact) mass is 1220 g/mol. The fourth-order valence-corrected chi connectivity index (χ4v) is 14.1. The number of aromatic nitrogens is 6. The van der Waals surface area contributed by atoms with Crippen LogP contribution in [0.3, 0.4) is 0 Å². The normalized spacial score (nSPS) is 11.5. The van der Waals surface area contributed by atoms with Gasteiger partial charge >= 0.3 is 0 Å². The van der Waals surface area contributed by atoms with Crippen LogP contribution in [0.5, 0.6) is 0 Å². The fraction of sp³-hybridized carbons (Fsp3) is 0. The summed E-state index contributed by atoms with van der Waals surface area (Å²) in [5.41, 5.74) is 20.0. The molecule has 14 aromatic carbocycles. The molecule has 0 radical (unpaired) electrons. The van der Waals surface area contributed by atoms with Crippen LogP contribution in [0.15, 0.2) is 340 Å². The molecule has 96 heavy (non-hydrogen) atoms. The van der Waals surface area contributed by atoms with E-state index >= 15 is 0 Å². The molecule has 0 bridgehead atoms. The van der Waals surface area contributed by atoms with Gasteiger partial charge in [-0.2, -0.15) is 0 Å². The molecule has 18 aromatic rings. The second-order valence-electron chi connectivity index (χ2n) is 24.6. The van der Waals surface area contributed by atoms with E-state index in [0.717, 1.165) is 101 Å². The van der Waals surface area contributed by atoms with E-state index in [1.165, 1.54) is 75.8 Å². The van der Waals surface area contributed by atoms with Gasteiger partial charge in [-0.15, -0.1) is 0 Å². The van der Waals surface area contributed by atoms with Crippen molar-refractivity contribution in [1.82, 2.24) is 29.9 Å². The molecule has 446 valence electrons. The van der Waals surface area contributed by atoms with Crippen molar-refractivity contribution < 1.29 is 0 Å². The van der Waals surface area contributed by atoms with Crippen LogP contribution in [-0.4, -0.2) is 29.9 Å². The number of rotatable bonds is 11. The van der Waals surface area contributed by atoms with Gasteiger partial charge < -0.3 is 0 Å². The van der Waals surface area contributed by atoms with E-state index in [1.807, 2.05) is 55.1 Å². The van der Waals surface area contributed by atoms with Crippen molar-refractivity contribution in [2.24, 2.45) is 0 Å². The second-order valence-corrected chi connectivity index (χ2v) is 24.6. The molecule has 0 aliphatic rings. The minimum absolute atomic E-state index is 0.622. The quantitative estimate of drug-likeness (QED) is 0.0949. The first-order valence-electron chi connectivity index (χ1n) is 32.4. The summed E-state index contributed by atoms with van der Waals surface area (Å²) < 4.78 is 0. The van der Waals surface area contributed by atoms with Crippen LogP contribution >= 0.6 is 0 Å². The molecular weight excluding hydrogens is 1170 g/mol. The van der Waals surface area contributed by atoms with E-state index in [1.54, 1.807) is 0 Å². The van der Waals surface area contributed by atoms with Gasteiger partial charge in [-0.1, -0.05) is 261 Å². The highest BCUT2D eigenvalue weighted by molar-refractivity contribution is 6.23. The zero-order chi connectivity index (χ0) is 63.5. The number of nitrogens with zero attached hydrogens (tertiary/aromatic N) is 6. The smallest absolute Gasteiger partial charge is 0.160 e. The van der Waals surface area contributed by atoms with Crippen molar-refractivity contribution in [1.29, 1.82) is 0 Å². The minimum atomic E-state index is 0.622. The molecule has 6 heteroatoms. The van der Waals surface area contributed by atoms with Gasteiger partial charge in [-0.05, 0) is 164 Å². The van der Waals surface area contributed by atoms with Gasteiger partial charge in [0.2, 0.25) is 0 Å². The summed E-state index contributed by atoms with van der Waals surface area (Å²) in [7, 11) is 0. The van der Waals surface area contributed by atoms with Crippen molar-refractivity contribution in [2.75, 3.05) is 0 Å². The van der Waals surface area contributed by atoms with Crippen LogP contribution in [-0.2, 0) is 0 Å². The van der Waals surface area contributed by atoms with Gasteiger partial charge in [-0.25, -0.2) is 19.9 Å². The average Bonchev–Trinajstić information content (AvgIpc) is 0.751. The summed E-state index contributed by atoms with van der Waals surface area (Å²) in [6.07, 6.45) is 7.52. The Hall–Kier alpha value is -12.9. The number of hydrogen-bond donors (Lipinski definition) is 0. The largest absolute Gasteiger partial charge is 0.265 e. The van der Waals surface area contributed by atoms with E-state index in [9.17, 15) is 0 Å². The molecule has 0 spiro atoms. The van der Waals surface area contributed by atoms with Crippen LogP contribution in [0.1, 0.15) is 0 Å². The Morgan fingerprint density at radius 3 is 1.04 bits per heavy atom. The standard InChI is InChI=1S/C90H56N6/c1-2-16-66(17-3-1)89-93-83(63-36-40-65(41-37-63)86-80-27-11-7-19-70(80)51-73-43-31-60-15-5-9-25-78(60)88(73)86)54-84(96-89)71-22-12-20-67(48-71)75-52-76(56-92-55-75)68-21-13-23-74(49-68)90-94-81(61-32-28-57(29-33-61)58-44-46-91-47-45-58)53-82(95-90)62-34-38-64(39-35-62)85-79-26-10-6-18-69(79)50-72-42-30-59-14-4-8-24-77(59)87(72)85/h1-56H. The highest BCUT2D eigenvalue weighted by atomic mass is 14.9. The first-order valence-corrected chi connectivity index (χ1v) is 32.4. The molecule has 0 unspecified atom stereocenters. The zero-order valence-electron chi connectivity index (χ0n) is 52.0. The van der Waals surface area contributed by atoms with Crippen molar-refractivity contribution >= 4 is 64.6 Å². The molecule has 6 nitrogen and oxygen atoms in total. The van der Waals surface area contributed by atoms with Gasteiger partial charge in [0.1, 0.15) is 0 Å². The molecule has 0 saturated heterocycles. The van der Waals surface area contributed by atoms with Crippen LogP contribution in [0.2, 0.25) is 0 Å². The fourth-order valence-electron chi connectivity index (χ4n) is 14.1. The van der Waals surface area contributed by atoms with Gasteiger partial charge in [0.05, 0.1) is 22.8 Å². The number of fused-ring (bicyclic) bond motifs is 8. The van der Waals surface area contributed by atoms with Crippen molar-refractivity contribution in [3.05, 3.63) is 340 Å². The zero-order valence-corrected chi connectivity index (χ0v) is 52.0. The van der Waals surface area contributed by atoms with Gasteiger partial charge in [0.15, 0.2) is 11.6 Å². The van der Waals surface area contributed by atoms with E-state index in [2.05, 4.69) is 290 Å². The maximum Gasteiger partial charge on any atom is 0.160 e. The molecule has 4 aromatic heterocycles. The lowest BCUT2D eigenvalue weighted by atomic mass is 9.89. The van der Waals surface area contributed by atoms with Crippen LogP contribution in [0.25, 0.3) is 188 Å². The van der Waals surface area contributed by atoms with Crippen molar-refractivity contribution in [3.63, 3.8) is 0 Å². The lowest BCUT2D eigenvalue weighted by Crippen LogP contribution is -1.97. The minimum Gasteiger partial charge on any atom is -0.265 e. The first-order chi connectivity index (χ1) is 47.5. The summed E-state index contributed by atoms with van der Waals surface area (Å²) in [4.78, 5) is 30.4. The molecule has 0 amide bonds. The van der Waals surface area contributed by atoms with Crippen LogP contribution in [0, 0.1) is 0 Å². The van der Waals surface area contributed by atoms with E-state index in [4.69, 9.17) is 24.9 Å². The molecule has 4 heterocycles. The Kier molecular flexibility index (Phi) is 13.8. The van der Waals surface area contributed by atoms with Gasteiger partial charge in [0.25, 0.3) is 0 Å². The predicted octanol–water partition coefficient (Wildman–Crippen LogP) is 23.3. The Morgan fingerprint density at radius 2 is 0.531 bits per heavy atom. The van der Waals surface area contributed by atoms with E-state index in [0.29, 0.717) is 11.6 Å². The molecule has 0 atom stereocenters. The summed E-state index contributed by atoms with van der Waals surface area (Å²) in [6.45, 7) is 0. The molecule has 0 aliphatic carbocycles. The topological polar surface area (TPSA) is 77.3 Å². The summed E-state index contributed by atoms with van der Waals surface area (Å²) in [5, 5.41) is 14.8. The van der Waals surface area contributed by atoms with Crippen molar-refractivity contribution in [3.8, 4) is 123 Å². The summed E-state index contributed by atoms with van der Waals surface area (Å²) in [5.74, 6) is 1.28. The maximum atomic E-state index is 5.40. The highest BCUT2D eigenvalue weighted by Crippen LogP contribution is 2.44. The number of hydrogen-bond acceptors (Lipinski definition) is 6. The SMILES string of the molecule is c1ccc(-c2nc(-c3ccc(-c4c5ccccc5cc5ccc6ccccc6c45)cc3)cc(-c3cccc(-c4cncc(-c5cccc(-c6nc(-c7ccc(-c8ccncc8)cc7)cc(-c7ccc(-c8c9ccccc9cc9ccc%10ccccc%10c89)cc7)n6)c5)c4)c3)n2)cc1. The lowest BCUT2D eigenvalue weighted by Gasteiger charge is -2.15. The molecule has 0 fully saturated rings. The number of benzene rings is 14.